The van der Waals surface area contributed by atoms with Crippen molar-refractivity contribution in [3.63, 3.8) is 0 Å². The van der Waals surface area contributed by atoms with Crippen molar-refractivity contribution in [1.82, 2.24) is 15.0 Å². The van der Waals surface area contributed by atoms with E-state index < -0.39 is 0 Å². The molecule has 2 aromatic carbocycles. The number of aromatic nitrogens is 3. The number of nitrogens with one attached hydrogen (secondary N) is 1. The Morgan fingerprint density at radius 1 is 1.08 bits per heavy atom. The van der Waals surface area contributed by atoms with Crippen LogP contribution in [0.5, 0.6) is 11.5 Å². The molecule has 0 radical (unpaired) electrons. The summed E-state index contributed by atoms with van der Waals surface area (Å²) in [6.45, 7) is 0.947. The Labute approximate surface area is 139 Å². The van der Waals surface area contributed by atoms with Crippen LogP contribution in [0.25, 0.3) is 11.8 Å². The molecule has 1 aromatic heterocycles. The lowest BCUT2D eigenvalue weighted by Crippen LogP contribution is -1.98. The number of ether oxygens (including phenoxy) is 2. The third kappa shape index (κ3) is 3.08. The number of benzene rings is 2. The predicted molar refractivity (Wildman–Crippen MR) is 91.4 cm³/mol. The molecule has 0 saturated carbocycles. The molecule has 1 N–H and O–H groups in total. The highest BCUT2D eigenvalue weighted by Gasteiger charge is 2.12. The van der Waals surface area contributed by atoms with Crippen molar-refractivity contribution in [2.75, 3.05) is 18.7 Å². The first-order valence-corrected chi connectivity index (χ1v) is 7.66. The predicted octanol–water partition coefficient (Wildman–Crippen LogP) is 3.12. The zero-order chi connectivity index (χ0) is 16.2. The van der Waals surface area contributed by atoms with Crippen molar-refractivity contribution in [1.29, 1.82) is 0 Å². The SMILES string of the molecule is C(=C\c1ccc2c(c1)OCO2)/CNc1cn(-c2ccccc2)nn1. The molecule has 1 aliphatic heterocycles. The van der Waals surface area contributed by atoms with Gasteiger partial charge in [-0.25, -0.2) is 4.68 Å². The van der Waals surface area contributed by atoms with Crippen molar-refractivity contribution in [3.05, 3.63) is 66.4 Å². The van der Waals surface area contributed by atoms with Crippen LogP contribution < -0.4 is 14.8 Å². The molecule has 24 heavy (non-hydrogen) atoms. The van der Waals surface area contributed by atoms with Crippen LogP contribution in [0.2, 0.25) is 0 Å². The van der Waals surface area contributed by atoms with E-state index >= 15 is 0 Å². The van der Waals surface area contributed by atoms with Crippen molar-refractivity contribution in [2.45, 2.75) is 0 Å². The van der Waals surface area contributed by atoms with Gasteiger partial charge in [-0.05, 0) is 29.8 Å². The van der Waals surface area contributed by atoms with Crippen LogP contribution >= 0.6 is 0 Å². The number of anilines is 1. The Morgan fingerprint density at radius 2 is 1.96 bits per heavy atom. The zero-order valence-electron chi connectivity index (χ0n) is 12.9. The summed E-state index contributed by atoms with van der Waals surface area (Å²) in [6, 6.07) is 15.8. The number of nitrogens with zero attached hydrogens (tertiary/aromatic N) is 3. The summed E-state index contributed by atoms with van der Waals surface area (Å²) in [4.78, 5) is 0. The van der Waals surface area contributed by atoms with Crippen LogP contribution in [0.3, 0.4) is 0 Å². The average Bonchev–Trinajstić information content (AvgIpc) is 3.28. The minimum Gasteiger partial charge on any atom is -0.454 e. The van der Waals surface area contributed by atoms with E-state index in [4.69, 9.17) is 9.47 Å². The Balaban J connectivity index is 1.35. The van der Waals surface area contributed by atoms with Gasteiger partial charge in [-0.2, -0.15) is 0 Å². The summed E-state index contributed by atoms with van der Waals surface area (Å²) >= 11 is 0. The second-order valence-corrected chi connectivity index (χ2v) is 5.28. The lowest BCUT2D eigenvalue weighted by atomic mass is 10.2. The number of rotatable bonds is 5. The largest absolute Gasteiger partial charge is 0.454 e. The molecule has 3 aromatic rings. The first-order valence-electron chi connectivity index (χ1n) is 7.66. The molecule has 6 heteroatoms. The van der Waals surface area contributed by atoms with E-state index in [9.17, 15) is 0 Å². The van der Waals surface area contributed by atoms with Crippen LogP contribution in [-0.4, -0.2) is 28.3 Å². The Kier molecular flexibility index (Phi) is 3.85. The number of hydrogen-bond acceptors (Lipinski definition) is 5. The third-order valence-electron chi connectivity index (χ3n) is 3.62. The van der Waals surface area contributed by atoms with E-state index in [1.54, 1.807) is 4.68 Å². The van der Waals surface area contributed by atoms with E-state index in [-0.39, 0.29) is 0 Å². The number of fused-ring (bicyclic) bond motifs is 1. The molecular weight excluding hydrogens is 304 g/mol. The van der Waals surface area contributed by atoms with E-state index in [2.05, 4.69) is 15.6 Å². The smallest absolute Gasteiger partial charge is 0.231 e. The summed E-state index contributed by atoms with van der Waals surface area (Å²) in [5.41, 5.74) is 2.04. The van der Waals surface area contributed by atoms with Gasteiger partial charge in [0.25, 0.3) is 0 Å². The Morgan fingerprint density at radius 3 is 2.88 bits per heavy atom. The van der Waals surface area contributed by atoms with Crippen LogP contribution in [0.15, 0.2) is 60.8 Å². The van der Waals surface area contributed by atoms with Gasteiger partial charge in [-0.1, -0.05) is 41.6 Å². The fourth-order valence-corrected chi connectivity index (χ4v) is 2.43. The van der Waals surface area contributed by atoms with Gasteiger partial charge in [0.05, 0.1) is 11.9 Å². The summed E-state index contributed by atoms with van der Waals surface area (Å²) < 4.78 is 12.4. The Hall–Kier alpha value is -3.28. The van der Waals surface area contributed by atoms with Gasteiger partial charge in [-0.3, -0.25) is 0 Å². The molecule has 0 atom stereocenters. The van der Waals surface area contributed by atoms with Gasteiger partial charge in [-0.15, -0.1) is 5.10 Å². The maximum Gasteiger partial charge on any atom is 0.231 e. The molecule has 4 rings (SSSR count). The number of hydrogen-bond donors (Lipinski definition) is 1. The second kappa shape index (κ2) is 6.45. The first-order chi connectivity index (χ1) is 11.9. The third-order valence-corrected chi connectivity index (χ3v) is 3.62. The minimum absolute atomic E-state index is 0.293. The molecule has 6 nitrogen and oxygen atoms in total. The molecule has 0 unspecified atom stereocenters. The first kappa shape index (κ1) is 14.3. The lowest BCUT2D eigenvalue weighted by Gasteiger charge is -1.99. The average molecular weight is 320 g/mol. The van der Waals surface area contributed by atoms with Crippen molar-refractivity contribution < 1.29 is 9.47 Å². The highest BCUT2D eigenvalue weighted by molar-refractivity contribution is 5.57. The molecule has 0 fully saturated rings. The molecule has 1 aliphatic rings. The fraction of sp³-hybridized carbons (Fsp3) is 0.111. The van der Waals surface area contributed by atoms with Gasteiger partial charge in [0, 0.05) is 6.54 Å². The topological polar surface area (TPSA) is 61.2 Å². The lowest BCUT2D eigenvalue weighted by molar-refractivity contribution is 0.174. The normalized spacial score (nSPS) is 12.7. The van der Waals surface area contributed by atoms with Gasteiger partial charge in [0.2, 0.25) is 6.79 Å². The quantitative estimate of drug-likeness (QED) is 0.782. The van der Waals surface area contributed by atoms with Gasteiger partial charge < -0.3 is 14.8 Å². The van der Waals surface area contributed by atoms with Crippen LogP contribution in [0, 0.1) is 0 Å². The van der Waals surface area contributed by atoms with Crippen LogP contribution in [-0.2, 0) is 0 Å². The number of para-hydroxylation sites is 1. The standard InChI is InChI=1S/C18H16N4O2/c1-2-6-15(7-3-1)22-12-18(20-21-22)19-10-4-5-14-8-9-16-17(11-14)24-13-23-16/h1-9,11-12,19H,10,13H2/b5-4+. The molecule has 120 valence electrons. The van der Waals surface area contributed by atoms with Crippen molar-refractivity contribution in [3.8, 4) is 17.2 Å². The van der Waals surface area contributed by atoms with E-state index in [1.165, 1.54) is 0 Å². The second-order valence-electron chi connectivity index (χ2n) is 5.28. The highest BCUT2D eigenvalue weighted by Crippen LogP contribution is 2.32. The fourth-order valence-electron chi connectivity index (χ4n) is 2.43. The van der Waals surface area contributed by atoms with E-state index in [0.717, 1.165) is 28.6 Å². The van der Waals surface area contributed by atoms with E-state index in [1.807, 2.05) is 66.9 Å². The summed E-state index contributed by atoms with van der Waals surface area (Å²) in [5, 5.41) is 11.4. The summed E-state index contributed by atoms with van der Waals surface area (Å²) in [7, 11) is 0. The molecule has 2 heterocycles. The van der Waals surface area contributed by atoms with Crippen molar-refractivity contribution in [2.24, 2.45) is 0 Å². The summed E-state index contributed by atoms with van der Waals surface area (Å²) in [6.07, 6.45) is 5.92. The highest BCUT2D eigenvalue weighted by atomic mass is 16.7. The molecule has 0 saturated heterocycles. The van der Waals surface area contributed by atoms with Gasteiger partial charge >= 0.3 is 0 Å². The van der Waals surface area contributed by atoms with Crippen LogP contribution in [0.1, 0.15) is 5.56 Å². The molecule has 0 aliphatic carbocycles. The monoisotopic (exact) mass is 320 g/mol. The van der Waals surface area contributed by atoms with Crippen molar-refractivity contribution >= 4 is 11.9 Å². The molecular formula is C18H16N4O2. The van der Waals surface area contributed by atoms with Gasteiger partial charge in [0.1, 0.15) is 0 Å². The van der Waals surface area contributed by atoms with Gasteiger partial charge in [0.15, 0.2) is 17.3 Å². The molecule has 0 amide bonds. The van der Waals surface area contributed by atoms with E-state index in [0.29, 0.717) is 13.3 Å². The van der Waals surface area contributed by atoms with Crippen LogP contribution in [0.4, 0.5) is 5.82 Å². The Bertz CT molecular complexity index is 858. The maximum atomic E-state index is 5.37. The minimum atomic E-state index is 0.293. The summed E-state index contributed by atoms with van der Waals surface area (Å²) in [5.74, 6) is 2.31. The molecule has 0 spiro atoms. The molecule has 0 bridgehead atoms. The zero-order valence-corrected chi connectivity index (χ0v) is 12.9. The maximum absolute atomic E-state index is 5.37.